The van der Waals surface area contributed by atoms with Crippen LogP contribution in [-0.4, -0.2) is 33.0 Å². The van der Waals surface area contributed by atoms with Crippen molar-refractivity contribution in [2.75, 3.05) is 33.0 Å². The summed E-state index contributed by atoms with van der Waals surface area (Å²) in [5, 5.41) is 3.06. The smallest absolute Gasteiger partial charge is 0.0906 e. The Hall–Kier alpha value is -0.150. The SMILES string of the molecule is CCOCCNCCCF. The predicted molar refractivity (Wildman–Crippen MR) is 40.0 cm³/mol. The minimum Gasteiger partial charge on any atom is -0.380 e. The van der Waals surface area contributed by atoms with E-state index in [0.29, 0.717) is 6.42 Å². The first kappa shape index (κ1) is 9.85. The van der Waals surface area contributed by atoms with Crippen LogP contribution in [0.25, 0.3) is 0 Å². The Morgan fingerprint density at radius 3 is 2.80 bits per heavy atom. The van der Waals surface area contributed by atoms with Crippen LogP contribution in [0.3, 0.4) is 0 Å². The minimum absolute atomic E-state index is 0.234. The number of hydrogen-bond donors (Lipinski definition) is 1. The quantitative estimate of drug-likeness (QED) is 0.545. The maximum atomic E-state index is 11.5. The molecular formula is C7H16FNO. The van der Waals surface area contributed by atoms with Gasteiger partial charge in [0.1, 0.15) is 0 Å². The maximum Gasteiger partial charge on any atom is 0.0906 e. The van der Waals surface area contributed by atoms with Gasteiger partial charge in [-0.1, -0.05) is 0 Å². The van der Waals surface area contributed by atoms with E-state index in [0.717, 1.165) is 26.3 Å². The zero-order chi connectivity index (χ0) is 7.66. The fraction of sp³-hybridized carbons (Fsp3) is 1.00. The molecule has 10 heavy (non-hydrogen) atoms. The second-order valence-electron chi connectivity index (χ2n) is 1.99. The van der Waals surface area contributed by atoms with Crippen molar-refractivity contribution in [3.8, 4) is 0 Å². The first-order chi connectivity index (χ1) is 4.91. The summed E-state index contributed by atoms with van der Waals surface area (Å²) >= 11 is 0. The number of nitrogens with one attached hydrogen (secondary N) is 1. The number of rotatable bonds is 7. The van der Waals surface area contributed by atoms with Gasteiger partial charge in [-0.2, -0.15) is 0 Å². The Balaban J connectivity index is 2.65. The second-order valence-corrected chi connectivity index (χ2v) is 1.99. The molecule has 0 saturated carbocycles. The van der Waals surface area contributed by atoms with Crippen LogP contribution in [0, 0.1) is 0 Å². The lowest BCUT2D eigenvalue weighted by Crippen LogP contribution is -2.21. The topological polar surface area (TPSA) is 21.3 Å². The van der Waals surface area contributed by atoms with Crippen molar-refractivity contribution in [1.29, 1.82) is 0 Å². The van der Waals surface area contributed by atoms with Crippen molar-refractivity contribution in [2.45, 2.75) is 13.3 Å². The first-order valence-electron chi connectivity index (χ1n) is 3.76. The highest BCUT2D eigenvalue weighted by molar-refractivity contribution is 4.44. The highest BCUT2D eigenvalue weighted by atomic mass is 19.1. The van der Waals surface area contributed by atoms with Gasteiger partial charge in [0.05, 0.1) is 13.3 Å². The highest BCUT2D eigenvalue weighted by Gasteiger charge is 1.86. The van der Waals surface area contributed by atoms with E-state index in [9.17, 15) is 4.39 Å². The molecule has 3 heteroatoms. The van der Waals surface area contributed by atoms with Crippen LogP contribution in [0.4, 0.5) is 4.39 Å². The summed E-state index contributed by atoms with van der Waals surface area (Å²) in [6.07, 6.45) is 0.603. The number of alkyl halides is 1. The molecule has 0 radical (unpaired) electrons. The normalized spacial score (nSPS) is 10.2. The van der Waals surface area contributed by atoms with Crippen molar-refractivity contribution in [2.24, 2.45) is 0 Å². The van der Waals surface area contributed by atoms with Gasteiger partial charge in [0.2, 0.25) is 0 Å². The van der Waals surface area contributed by atoms with E-state index in [1.165, 1.54) is 0 Å². The van der Waals surface area contributed by atoms with Gasteiger partial charge in [0.15, 0.2) is 0 Å². The van der Waals surface area contributed by atoms with Crippen molar-refractivity contribution in [1.82, 2.24) is 5.32 Å². The third-order valence-electron chi connectivity index (χ3n) is 1.11. The van der Waals surface area contributed by atoms with Crippen LogP contribution in [0.5, 0.6) is 0 Å². The zero-order valence-electron chi connectivity index (χ0n) is 6.53. The third kappa shape index (κ3) is 7.85. The van der Waals surface area contributed by atoms with Crippen LogP contribution in [0.1, 0.15) is 13.3 Å². The van der Waals surface area contributed by atoms with Crippen molar-refractivity contribution >= 4 is 0 Å². The summed E-state index contributed by atoms with van der Waals surface area (Å²) in [5.74, 6) is 0. The number of halogens is 1. The molecule has 2 nitrogen and oxygen atoms in total. The Bertz CT molecular complexity index is 53.6. The van der Waals surface area contributed by atoms with E-state index in [4.69, 9.17) is 4.74 Å². The van der Waals surface area contributed by atoms with Crippen LogP contribution >= 0.6 is 0 Å². The molecule has 0 amide bonds. The van der Waals surface area contributed by atoms with Crippen LogP contribution < -0.4 is 5.32 Å². The molecule has 0 aromatic heterocycles. The molecule has 0 heterocycles. The van der Waals surface area contributed by atoms with Gasteiger partial charge in [-0.05, 0) is 19.9 Å². The van der Waals surface area contributed by atoms with Crippen LogP contribution in [0.15, 0.2) is 0 Å². The standard InChI is InChI=1S/C7H16FNO/c1-2-10-7-6-9-5-3-4-8/h9H,2-7H2,1H3. The van der Waals surface area contributed by atoms with Crippen molar-refractivity contribution in [3.05, 3.63) is 0 Å². The second kappa shape index (κ2) is 8.85. The Morgan fingerprint density at radius 1 is 1.40 bits per heavy atom. The summed E-state index contributed by atoms with van der Waals surface area (Å²) in [6.45, 7) is 4.79. The molecule has 0 aliphatic heterocycles. The third-order valence-corrected chi connectivity index (χ3v) is 1.11. The molecular weight excluding hydrogens is 133 g/mol. The van der Waals surface area contributed by atoms with E-state index in [-0.39, 0.29) is 6.67 Å². The van der Waals surface area contributed by atoms with E-state index >= 15 is 0 Å². The molecule has 0 aromatic carbocycles. The summed E-state index contributed by atoms with van der Waals surface area (Å²) in [6, 6.07) is 0. The summed E-state index contributed by atoms with van der Waals surface area (Å²) in [7, 11) is 0. The molecule has 0 aliphatic rings. The highest BCUT2D eigenvalue weighted by Crippen LogP contribution is 1.76. The Kier molecular flexibility index (Phi) is 8.72. The zero-order valence-corrected chi connectivity index (χ0v) is 6.53. The van der Waals surface area contributed by atoms with Gasteiger partial charge in [-0.25, -0.2) is 0 Å². The molecule has 1 N–H and O–H groups in total. The molecule has 62 valence electrons. The molecule has 0 bridgehead atoms. The predicted octanol–water partition coefficient (Wildman–Crippen LogP) is 0.972. The van der Waals surface area contributed by atoms with Gasteiger partial charge in [-0.3, -0.25) is 4.39 Å². The molecule has 0 spiro atoms. The maximum absolute atomic E-state index is 11.5. The van der Waals surface area contributed by atoms with E-state index in [1.807, 2.05) is 6.92 Å². The van der Waals surface area contributed by atoms with Gasteiger partial charge in [-0.15, -0.1) is 0 Å². The average Bonchev–Trinajstić information content (AvgIpc) is 1.97. The van der Waals surface area contributed by atoms with Gasteiger partial charge in [0.25, 0.3) is 0 Å². The number of hydrogen-bond acceptors (Lipinski definition) is 2. The van der Waals surface area contributed by atoms with Crippen molar-refractivity contribution in [3.63, 3.8) is 0 Å². The Labute approximate surface area is 61.8 Å². The summed E-state index contributed by atoms with van der Waals surface area (Å²) in [4.78, 5) is 0. The van der Waals surface area contributed by atoms with Crippen molar-refractivity contribution < 1.29 is 9.13 Å². The fourth-order valence-electron chi connectivity index (χ4n) is 0.605. The van der Waals surface area contributed by atoms with Crippen LogP contribution in [-0.2, 0) is 4.74 Å². The molecule has 0 rings (SSSR count). The van der Waals surface area contributed by atoms with Gasteiger partial charge < -0.3 is 10.1 Å². The van der Waals surface area contributed by atoms with Gasteiger partial charge >= 0.3 is 0 Å². The lowest BCUT2D eigenvalue weighted by atomic mass is 10.4. The van der Waals surface area contributed by atoms with E-state index in [1.54, 1.807) is 0 Å². The summed E-state index contributed by atoms with van der Waals surface area (Å²) < 4.78 is 16.6. The average molecular weight is 149 g/mol. The van der Waals surface area contributed by atoms with Crippen LogP contribution in [0.2, 0.25) is 0 Å². The molecule has 0 saturated heterocycles. The van der Waals surface area contributed by atoms with E-state index < -0.39 is 0 Å². The molecule has 0 atom stereocenters. The number of ether oxygens (including phenoxy) is 1. The largest absolute Gasteiger partial charge is 0.380 e. The molecule has 0 aliphatic carbocycles. The Morgan fingerprint density at radius 2 is 2.20 bits per heavy atom. The monoisotopic (exact) mass is 149 g/mol. The first-order valence-corrected chi connectivity index (χ1v) is 3.76. The molecule has 0 aromatic rings. The molecule has 0 unspecified atom stereocenters. The molecule has 0 fully saturated rings. The fourth-order valence-corrected chi connectivity index (χ4v) is 0.605. The lowest BCUT2D eigenvalue weighted by molar-refractivity contribution is 0.149. The van der Waals surface area contributed by atoms with E-state index in [2.05, 4.69) is 5.32 Å². The van der Waals surface area contributed by atoms with Gasteiger partial charge in [0, 0.05) is 13.2 Å². The summed E-state index contributed by atoms with van der Waals surface area (Å²) in [5.41, 5.74) is 0. The minimum atomic E-state index is -0.234. The lowest BCUT2D eigenvalue weighted by Gasteiger charge is -2.01.